The van der Waals surface area contributed by atoms with Gasteiger partial charge in [-0.1, -0.05) is 0 Å². The van der Waals surface area contributed by atoms with Gasteiger partial charge in [0.05, 0.1) is 12.6 Å². The number of nitrogens with zero attached hydrogens (tertiary/aromatic N) is 1. The number of aliphatic carboxylic acids is 1. The lowest BCUT2D eigenvalue weighted by Gasteiger charge is -2.12. The highest BCUT2D eigenvalue weighted by Gasteiger charge is 2.21. The fourth-order valence-electron chi connectivity index (χ4n) is 1.05. The van der Waals surface area contributed by atoms with Crippen LogP contribution >= 0.6 is 0 Å². The average Bonchev–Trinajstić information content (AvgIpc) is 2.35. The molecule has 6 heteroatoms. The van der Waals surface area contributed by atoms with Crippen LogP contribution in [0.25, 0.3) is 0 Å². The minimum Gasteiger partial charge on any atom is -0.480 e. The maximum Gasteiger partial charge on any atom is 0.320 e. The minimum absolute atomic E-state index is 0.0314. The number of nitrogens with two attached hydrogens (primary N) is 2. The molecule has 0 fully saturated rings. The van der Waals surface area contributed by atoms with Gasteiger partial charge in [-0.25, -0.2) is 0 Å². The van der Waals surface area contributed by atoms with Gasteiger partial charge < -0.3 is 21.9 Å². The van der Waals surface area contributed by atoms with Crippen LogP contribution in [0.15, 0.2) is 4.99 Å². The van der Waals surface area contributed by atoms with Gasteiger partial charge in [0.25, 0.3) is 0 Å². The molecule has 6 nitrogen and oxygen atoms in total. The van der Waals surface area contributed by atoms with E-state index in [4.69, 9.17) is 16.6 Å². The number of carboxylic acid groups (broad SMARTS) is 1. The summed E-state index contributed by atoms with van der Waals surface area (Å²) >= 11 is 0. The molecule has 0 aromatic carbocycles. The first-order valence-corrected chi connectivity index (χ1v) is 3.64. The number of guanidine groups is 1. The molecular formula is C6H12N4O2. The third-order valence-corrected chi connectivity index (χ3v) is 1.69. The third kappa shape index (κ3) is 2.09. The van der Waals surface area contributed by atoms with Crippen LogP contribution in [0, 0.1) is 0 Å². The molecule has 0 saturated carbocycles. The van der Waals surface area contributed by atoms with Crippen molar-refractivity contribution < 1.29 is 9.90 Å². The van der Waals surface area contributed by atoms with Gasteiger partial charge in [0.2, 0.25) is 0 Å². The van der Waals surface area contributed by atoms with Crippen LogP contribution in [0.3, 0.4) is 0 Å². The van der Waals surface area contributed by atoms with Crippen LogP contribution in [0.2, 0.25) is 0 Å². The summed E-state index contributed by atoms with van der Waals surface area (Å²) in [6.07, 6.45) is 0.347. The molecule has 0 saturated heterocycles. The highest BCUT2D eigenvalue weighted by Crippen LogP contribution is 2.01. The molecule has 0 spiro atoms. The van der Waals surface area contributed by atoms with Gasteiger partial charge in [-0.05, 0) is 6.42 Å². The smallest absolute Gasteiger partial charge is 0.320 e. The van der Waals surface area contributed by atoms with Crippen LogP contribution in [0.4, 0.5) is 0 Å². The highest BCUT2D eigenvalue weighted by molar-refractivity contribution is 5.80. The van der Waals surface area contributed by atoms with Crippen molar-refractivity contribution in [1.82, 2.24) is 5.32 Å². The summed E-state index contributed by atoms with van der Waals surface area (Å²) in [5, 5.41) is 11.3. The van der Waals surface area contributed by atoms with Gasteiger partial charge in [-0.15, -0.1) is 0 Å². The molecule has 68 valence electrons. The van der Waals surface area contributed by atoms with E-state index in [1.807, 2.05) is 0 Å². The molecule has 0 aliphatic carbocycles. The first kappa shape index (κ1) is 8.79. The number of rotatable bonds is 3. The van der Waals surface area contributed by atoms with Crippen LogP contribution in [-0.4, -0.2) is 35.7 Å². The van der Waals surface area contributed by atoms with Crippen molar-refractivity contribution in [1.29, 1.82) is 0 Å². The van der Waals surface area contributed by atoms with E-state index >= 15 is 0 Å². The Morgan fingerprint density at radius 3 is 3.00 bits per heavy atom. The Morgan fingerprint density at radius 2 is 2.58 bits per heavy atom. The van der Waals surface area contributed by atoms with Crippen LogP contribution < -0.4 is 16.8 Å². The molecule has 12 heavy (non-hydrogen) atoms. The molecule has 6 N–H and O–H groups in total. The zero-order valence-electron chi connectivity index (χ0n) is 6.53. The number of aliphatic imine (C=N–C) groups is 1. The van der Waals surface area contributed by atoms with Gasteiger partial charge in [0.15, 0.2) is 5.96 Å². The maximum atomic E-state index is 10.3. The Kier molecular flexibility index (Phi) is 2.49. The zero-order valence-corrected chi connectivity index (χ0v) is 6.53. The van der Waals surface area contributed by atoms with Crippen molar-refractivity contribution in [3.8, 4) is 0 Å². The SMILES string of the molecule is NC1=NC[C@H](C[C@H](N)C(=O)O)N1. The molecule has 1 heterocycles. The van der Waals surface area contributed by atoms with E-state index in [9.17, 15) is 4.79 Å². The van der Waals surface area contributed by atoms with Crippen molar-refractivity contribution in [2.24, 2.45) is 16.5 Å². The molecule has 1 aliphatic rings. The summed E-state index contributed by atoms with van der Waals surface area (Å²) in [5.74, 6) is -0.639. The molecule has 1 rings (SSSR count). The Morgan fingerprint density at radius 1 is 1.92 bits per heavy atom. The van der Waals surface area contributed by atoms with E-state index < -0.39 is 12.0 Å². The first-order valence-electron chi connectivity index (χ1n) is 3.64. The van der Waals surface area contributed by atoms with Crippen molar-refractivity contribution in [2.75, 3.05) is 6.54 Å². The fraction of sp³-hybridized carbons (Fsp3) is 0.667. The van der Waals surface area contributed by atoms with E-state index in [2.05, 4.69) is 10.3 Å². The second-order valence-electron chi connectivity index (χ2n) is 2.75. The Labute approximate surface area is 69.6 Å². The first-order chi connectivity index (χ1) is 5.59. The summed E-state index contributed by atoms with van der Waals surface area (Å²) in [4.78, 5) is 14.2. The number of carboxylic acids is 1. The largest absolute Gasteiger partial charge is 0.480 e. The normalized spacial score (nSPS) is 24.4. The van der Waals surface area contributed by atoms with Crippen molar-refractivity contribution in [3.63, 3.8) is 0 Å². The number of carbonyl (C=O) groups is 1. The minimum atomic E-state index is -0.998. The van der Waals surface area contributed by atoms with E-state index in [0.717, 1.165) is 0 Å². The molecule has 1 aliphatic heterocycles. The summed E-state index contributed by atoms with van der Waals surface area (Å²) in [5.41, 5.74) is 10.6. The predicted octanol–water partition coefficient (Wildman–Crippen LogP) is -1.93. The average molecular weight is 172 g/mol. The van der Waals surface area contributed by atoms with Crippen LogP contribution in [-0.2, 0) is 4.79 Å². The zero-order chi connectivity index (χ0) is 9.14. The topological polar surface area (TPSA) is 114 Å². The summed E-state index contributed by atoms with van der Waals surface area (Å²) in [7, 11) is 0. The number of hydrogen-bond acceptors (Lipinski definition) is 5. The van der Waals surface area contributed by atoms with Crippen molar-refractivity contribution in [2.45, 2.75) is 18.5 Å². The second kappa shape index (κ2) is 3.40. The van der Waals surface area contributed by atoms with Gasteiger partial charge in [0, 0.05) is 0 Å². The lowest BCUT2D eigenvalue weighted by molar-refractivity contribution is -0.138. The lowest BCUT2D eigenvalue weighted by atomic mass is 10.1. The van der Waals surface area contributed by atoms with Crippen molar-refractivity contribution >= 4 is 11.9 Å². The predicted molar refractivity (Wildman–Crippen MR) is 43.6 cm³/mol. The van der Waals surface area contributed by atoms with E-state index in [1.165, 1.54) is 0 Å². The summed E-state index contributed by atoms with van der Waals surface area (Å²) < 4.78 is 0. The number of nitrogens with one attached hydrogen (secondary N) is 1. The summed E-state index contributed by atoms with van der Waals surface area (Å²) in [6, 6.07) is -0.875. The molecule has 0 radical (unpaired) electrons. The number of hydrogen-bond donors (Lipinski definition) is 4. The van der Waals surface area contributed by atoms with Gasteiger partial charge in [0.1, 0.15) is 6.04 Å². The molecule has 0 aromatic rings. The van der Waals surface area contributed by atoms with Crippen LogP contribution in [0.1, 0.15) is 6.42 Å². The molecule has 0 aromatic heterocycles. The maximum absolute atomic E-state index is 10.3. The summed E-state index contributed by atoms with van der Waals surface area (Å²) in [6.45, 7) is 0.507. The van der Waals surface area contributed by atoms with E-state index in [0.29, 0.717) is 18.9 Å². The molecular weight excluding hydrogens is 160 g/mol. The van der Waals surface area contributed by atoms with E-state index in [-0.39, 0.29) is 6.04 Å². The Bertz CT molecular complexity index is 216. The van der Waals surface area contributed by atoms with E-state index in [1.54, 1.807) is 0 Å². The van der Waals surface area contributed by atoms with Gasteiger partial charge >= 0.3 is 5.97 Å². The monoisotopic (exact) mass is 172 g/mol. The van der Waals surface area contributed by atoms with Crippen molar-refractivity contribution in [3.05, 3.63) is 0 Å². The third-order valence-electron chi connectivity index (χ3n) is 1.69. The standard InChI is InChI=1S/C6H12N4O2/c7-4(5(11)12)1-3-2-9-6(8)10-3/h3-4H,1-2,7H2,(H,11,12)(H3,8,9,10)/t3-,4-/m0/s1. The second-order valence-corrected chi connectivity index (χ2v) is 2.75. The highest BCUT2D eigenvalue weighted by atomic mass is 16.4. The molecule has 0 bridgehead atoms. The Balaban J connectivity index is 2.30. The lowest BCUT2D eigenvalue weighted by Crippen LogP contribution is -2.41. The quantitative estimate of drug-likeness (QED) is 0.396. The Hall–Kier alpha value is -1.30. The van der Waals surface area contributed by atoms with Gasteiger partial charge in [-0.2, -0.15) is 0 Å². The van der Waals surface area contributed by atoms with Crippen LogP contribution in [0.5, 0.6) is 0 Å². The molecule has 2 atom stereocenters. The molecule has 0 amide bonds. The fourth-order valence-corrected chi connectivity index (χ4v) is 1.05. The molecule has 0 unspecified atom stereocenters. The van der Waals surface area contributed by atoms with Gasteiger partial charge in [-0.3, -0.25) is 9.79 Å².